The molecule has 0 amide bonds. The van der Waals surface area contributed by atoms with Gasteiger partial charge in [0.25, 0.3) is 0 Å². The smallest absolute Gasteiger partial charge is 0.182 e. The lowest BCUT2D eigenvalue weighted by molar-refractivity contribution is 0.186. The Balaban J connectivity index is 1.83. The van der Waals surface area contributed by atoms with Crippen molar-refractivity contribution in [3.05, 3.63) is 11.1 Å². The normalized spacial score (nSPS) is 18.9. The molecule has 1 N–H and O–H groups in total. The van der Waals surface area contributed by atoms with Crippen molar-refractivity contribution in [1.82, 2.24) is 9.88 Å². The molecule has 1 aromatic heterocycles. The number of nitrogens with zero attached hydrogens (tertiary/aromatic N) is 2. The minimum atomic E-state index is 0.912. The van der Waals surface area contributed by atoms with Crippen LogP contribution >= 0.6 is 11.3 Å². The fourth-order valence-corrected chi connectivity index (χ4v) is 2.98. The fraction of sp³-hybridized carbons (Fsp3) is 0.750. The standard InChI is InChI=1S/C12H21N3S/c1-3-13-12-14-8-11(16-12)9-15-6-4-10(2)5-7-15/h8,10H,3-7,9H2,1-2H3,(H,13,14). The molecule has 1 aromatic rings. The second kappa shape index (κ2) is 5.64. The van der Waals surface area contributed by atoms with E-state index in [0.717, 1.165) is 24.1 Å². The van der Waals surface area contributed by atoms with Crippen LogP contribution in [0.15, 0.2) is 6.20 Å². The Morgan fingerprint density at radius 1 is 1.50 bits per heavy atom. The fourth-order valence-electron chi connectivity index (χ4n) is 2.05. The number of rotatable bonds is 4. The summed E-state index contributed by atoms with van der Waals surface area (Å²) in [5, 5.41) is 4.32. The van der Waals surface area contributed by atoms with Crippen LogP contribution in [-0.4, -0.2) is 29.5 Å². The van der Waals surface area contributed by atoms with Crippen LogP contribution in [0.5, 0.6) is 0 Å². The summed E-state index contributed by atoms with van der Waals surface area (Å²) in [5.74, 6) is 0.912. The van der Waals surface area contributed by atoms with Gasteiger partial charge in [0.2, 0.25) is 0 Å². The lowest BCUT2D eigenvalue weighted by Gasteiger charge is -2.29. The molecule has 3 nitrogen and oxygen atoms in total. The maximum Gasteiger partial charge on any atom is 0.182 e. The Morgan fingerprint density at radius 3 is 2.94 bits per heavy atom. The number of hydrogen-bond donors (Lipinski definition) is 1. The predicted octanol–water partition coefficient (Wildman–Crippen LogP) is 2.81. The van der Waals surface area contributed by atoms with Crippen LogP contribution in [-0.2, 0) is 6.54 Å². The van der Waals surface area contributed by atoms with E-state index >= 15 is 0 Å². The Labute approximate surface area is 102 Å². The highest BCUT2D eigenvalue weighted by Gasteiger charge is 2.16. The third kappa shape index (κ3) is 3.19. The maximum absolute atomic E-state index is 4.37. The largest absolute Gasteiger partial charge is 0.362 e. The molecule has 4 heteroatoms. The van der Waals surface area contributed by atoms with Crippen LogP contribution in [0.4, 0.5) is 5.13 Å². The zero-order valence-electron chi connectivity index (χ0n) is 10.2. The molecule has 0 saturated carbocycles. The van der Waals surface area contributed by atoms with Gasteiger partial charge in [-0.25, -0.2) is 4.98 Å². The maximum atomic E-state index is 4.37. The summed E-state index contributed by atoms with van der Waals surface area (Å²) in [7, 11) is 0. The van der Waals surface area contributed by atoms with Crippen molar-refractivity contribution in [2.75, 3.05) is 25.0 Å². The Morgan fingerprint density at radius 2 is 2.25 bits per heavy atom. The molecular formula is C12H21N3S. The van der Waals surface area contributed by atoms with E-state index in [2.05, 4.69) is 29.0 Å². The first-order valence-electron chi connectivity index (χ1n) is 6.19. The minimum Gasteiger partial charge on any atom is -0.362 e. The molecule has 1 saturated heterocycles. The van der Waals surface area contributed by atoms with Crippen molar-refractivity contribution in [3.63, 3.8) is 0 Å². The molecule has 16 heavy (non-hydrogen) atoms. The van der Waals surface area contributed by atoms with E-state index in [1.807, 2.05) is 6.20 Å². The highest BCUT2D eigenvalue weighted by Crippen LogP contribution is 2.22. The van der Waals surface area contributed by atoms with Crippen LogP contribution in [0, 0.1) is 5.92 Å². The highest BCUT2D eigenvalue weighted by molar-refractivity contribution is 7.15. The first kappa shape index (κ1) is 11.9. The zero-order chi connectivity index (χ0) is 11.4. The van der Waals surface area contributed by atoms with E-state index < -0.39 is 0 Å². The topological polar surface area (TPSA) is 28.2 Å². The average molecular weight is 239 g/mol. The molecule has 0 bridgehead atoms. The van der Waals surface area contributed by atoms with Crippen molar-refractivity contribution in [2.24, 2.45) is 5.92 Å². The number of thiazole rings is 1. The average Bonchev–Trinajstić information content (AvgIpc) is 2.70. The second-order valence-corrected chi connectivity index (χ2v) is 5.74. The molecule has 2 heterocycles. The van der Waals surface area contributed by atoms with Gasteiger partial charge in [-0.15, -0.1) is 11.3 Å². The summed E-state index contributed by atoms with van der Waals surface area (Å²) in [6.07, 6.45) is 4.71. The molecule has 0 atom stereocenters. The summed E-state index contributed by atoms with van der Waals surface area (Å²) in [5.41, 5.74) is 0. The summed E-state index contributed by atoms with van der Waals surface area (Å²) < 4.78 is 0. The summed E-state index contributed by atoms with van der Waals surface area (Å²) in [6.45, 7) is 8.98. The van der Waals surface area contributed by atoms with Gasteiger partial charge in [0.05, 0.1) is 0 Å². The molecule has 0 radical (unpaired) electrons. The van der Waals surface area contributed by atoms with Crippen LogP contribution in [0.3, 0.4) is 0 Å². The first-order valence-corrected chi connectivity index (χ1v) is 7.00. The van der Waals surface area contributed by atoms with E-state index in [1.165, 1.54) is 30.8 Å². The van der Waals surface area contributed by atoms with Crippen molar-refractivity contribution < 1.29 is 0 Å². The zero-order valence-corrected chi connectivity index (χ0v) is 11.0. The monoisotopic (exact) mass is 239 g/mol. The van der Waals surface area contributed by atoms with Gasteiger partial charge in [-0.1, -0.05) is 6.92 Å². The van der Waals surface area contributed by atoms with Gasteiger partial charge >= 0.3 is 0 Å². The molecule has 90 valence electrons. The van der Waals surface area contributed by atoms with Crippen LogP contribution < -0.4 is 5.32 Å². The van der Waals surface area contributed by atoms with Crippen molar-refractivity contribution in [2.45, 2.75) is 33.2 Å². The number of piperidine rings is 1. The van der Waals surface area contributed by atoms with E-state index in [9.17, 15) is 0 Å². The van der Waals surface area contributed by atoms with E-state index in [4.69, 9.17) is 0 Å². The predicted molar refractivity (Wildman–Crippen MR) is 70.0 cm³/mol. The van der Waals surface area contributed by atoms with Gasteiger partial charge in [-0.05, 0) is 38.8 Å². The number of nitrogens with one attached hydrogen (secondary N) is 1. The first-order chi connectivity index (χ1) is 7.78. The molecule has 2 rings (SSSR count). The Hall–Kier alpha value is -0.610. The van der Waals surface area contributed by atoms with Crippen LogP contribution in [0.25, 0.3) is 0 Å². The quantitative estimate of drug-likeness (QED) is 0.875. The molecule has 0 unspecified atom stereocenters. The molecule has 1 aliphatic heterocycles. The lowest BCUT2D eigenvalue weighted by atomic mass is 9.99. The van der Waals surface area contributed by atoms with Crippen molar-refractivity contribution >= 4 is 16.5 Å². The molecule has 1 fully saturated rings. The van der Waals surface area contributed by atoms with Gasteiger partial charge in [-0.2, -0.15) is 0 Å². The molecule has 0 spiro atoms. The van der Waals surface area contributed by atoms with E-state index in [1.54, 1.807) is 11.3 Å². The van der Waals surface area contributed by atoms with Gasteiger partial charge in [0.15, 0.2) is 5.13 Å². The Kier molecular flexibility index (Phi) is 4.18. The summed E-state index contributed by atoms with van der Waals surface area (Å²) in [4.78, 5) is 8.29. The Bertz CT molecular complexity index is 316. The third-order valence-electron chi connectivity index (χ3n) is 3.14. The number of hydrogen-bond acceptors (Lipinski definition) is 4. The van der Waals surface area contributed by atoms with Crippen molar-refractivity contribution in [3.8, 4) is 0 Å². The third-order valence-corrected chi connectivity index (χ3v) is 4.08. The van der Waals surface area contributed by atoms with Crippen molar-refractivity contribution in [1.29, 1.82) is 0 Å². The van der Waals surface area contributed by atoms with Gasteiger partial charge in [0.1, 0.15) is 0 Å². The summed E-state index contributed by atoms with van der Waals surface area (Å²) in [6, 6.07) is 0. The lowest BCUT2D eigenvalue weighted by Crippen LogP contribution is -2.32. The van der Waals surface area contributed by atoms with Crippen LogP contribution in [0.2, 0.25) is 0 Å². The SMILES string of the molecule is CCNc1ncc(CN2CCC(C)CC2)s1. The van der Waals surface area contributed by atoms with E-state index in [-0.39, 0.29) is 0 Å². The summed E-state index contributed by atoms with van der Waals surface area (Å²) >= 11 is 1.79. The molecule has 0 aliphatic carbocycles. The van der Waals surface area contributed by atoms with Gasteiger partial charge < -0.3 is 5.32 Å². The molecular weight excluding hydrogens is 218 g/mol. The minimum absolute atomic E-state index is 0.912. The number of likely N-dealkylation sites (tertiary alicyclic amines) is 1. The molecule has 0 aromatic carbocycles. The van der Waals surface area contributed by atoms with E-state index in [0.29, 0.717) is 0 Å². The number of anilines is 1. The van der Waals surface area contributed by atoms with Gasteiger partial charge in [0, 0.05) is 24.2 Å². The molecule has 1 aliphatic rings. The second-order valence-electron chi connectivity index (χ2n) is 4.62. The number of aromatic nitrogens is 1. The van der Waals surface area contributed by atoms with Gasteiger partial charge in [-0.3, -0.25) is 4.90 Å². The highest BCUT2D eigenvalue weighted by atomic mass is 32.1. The van der Waals surface area contributed by atoms with Crippen LogP contribution in [0.1, 0.15) is 31.6 Å².